The van der Waals surface area contributed by atoms with Gasteiger partial charge in [-0.05, 0) is 6.42 Å². The van der Waals surface area contributed by atoms with Crippen LogP contribution in [-0.4, -0.2) is 19.7 Å². The van der Waals surface area contributed by atoms with Gasteiger partial charge in [0.15, 0.2) is 5.82 Å². The van der Waals surface area contributed by atoms with Gasteiger partial charge in [-0.25, -0.2) is 4.98 Å². The minimum atomic E-state index is -0.198. The summed E-state index contributed by atoms with van der Waals surface area (Å²) in [7, 11) is 1.87. The summed E-state index contributed by atoms with van der Waals surface area (Å²) in [6.07, 6.45) is 4.12. The van der Waals surface area contributed by atoms with Crippen LogP contribution in [0.3, 0.4) is 0 Å². The molecule has 0 N–H and O–H groups in total. The van der Waals surface area contributed by atoms with Crippen LogP contribution in [0.4, 0.5) is 0 Å². The van der Waals surface area contributed by atoms with Crippen LogP contribution in [0.25, 0.3) is 11.6 Å². The van der Waals surface area contributed by atoms with E-state index in [1.165, 1.54) is 0 Å². The number of hydrogen-bond donors (Lipinski definition) is 0. The molecule has 2 heterocycles. The Kier molecular flexibility index (Phi) is 2.73. The van der Waals surface area contributed by atoms with Crippen molar-refractivity contribution >= 4 is 11.6 Å². The minimum absolute atomic E-state index is 0.198. The van der Waals surface area contributed by atoms with Crippen LogP contribution in [0.2, 0.25) is 0 Å². The van der Waals surface area contributed by atoms with E-state index in [9.17, 15) is 0 Å². The SMILES string of the molecule is CCC(Cl)c1noc(-c2cncn2C)n1. The summed E-state index contributed by atoms with van der Waals surface area (Å²) < 4.78 is 6.92. The van der Waals surface area contributed by atoms with Crippen molar-refractivity contribution in [3.05, 3.63) is 18.3 Å². The van der Waals surface area contributed by atoms with E-state index in [4.69, 9.17) is 16.1 Å². The fourth-order valence-electron chi connectivity index (χ4n) is 1.21. The largest absolute Gasteiger partial charge is 0.332 e. The molecule has 6 heteroatoms. The van der Waals surface area contributed by atoms with Crippen molar-refractivity contribution in [2.45, 2.75) is 18.7 Å². The zero-order chi connectivity index (χ0) is 10.8. The van der Waals surface area contributed by atoms with Gasteiger partial charge in [0.05, 0.1) is 17.9 Å². The van der Waals surface area contributed by atoms with Crippen molar-refractivity contribution in [3.63, 3.8) is 0 Å². The van der Waals surface area contributed by atoms with Crippen molar-refractivity contribution in [2.24, 2.45) is 7.05 Å². The Morgan fingerprint density at radius 2 is 2.40 bits per heavy atom. The predicted octanol–water partition coefficient (Wildman–Crippen LogP) is 2.16. The molecule has 0 aliphatic heterocycles. The predicted molar refractivity (Wildman–Crippen MR) is 55.4 cm³/mol. The van der Waals surface area contributed by atoms with E-state index in [1.54, 1.807) is 12.5 Å². The lowest BCUT2D eigenvalue weighted by Gasteiger charge is -1.96. The van der Waals surface area contributed by atoms with Crippen LogP contribution < -0.4 is 0 Å². The molecule has 0 aliphatic rings. The lowest BCUT2D eigenvalue weighted by Crippen LogP contribution is -1.92. The summed E-state index contributed by atoms with van der Waals surface area (Å²) in [5.41, 5.74) is 0.786. The van der Waals surface area contributed by atoms with Crippen LogP contribution >= 0.6 is 11.6 Å². The first-order valence-electron chi connectivity index (χ1n) is 4.66. The number of nitrogens with zero attached hydrogens (tertiary/aromatic N) is 4. The van der Waals surface area contributed by atoms with E-state index in [2.05, 4.69) is 15.1 Å². The molecule has 0 aromatic carbocycles. The average Bonchev–Trinajstić information content (AvgIpc) is 2.84. The van der Waals surface area contributed by atoms with Crippen molar-refractivity contribution in [3.8, 4) is 11.6 Å². The highest BCUT2D eigenvalue weighted by molar-refractivity contribution is 6.20. The Morgan fingerprint density at radius 1 is 1.60 bits per heavy atom. The third kappa shape index (κ3) is 1.87. The Bertz CT molecular complexity index is 450. The number of aryl methyl sites for hydroxylation is 1. The number of halogens is 1. The highest BCUT2D eigenvalue weighted by Crippen LogP contribution is 2.23. The standard InChI is InChI=1S/C9H11ClN4O/c1-3-6(10)8-12-9(15-13-8)7-4-11-5-14(7)2/h4-6H,3H2,1-2H3. The van der Waals surface area contributed by atoms with Gasteiger partial charge in [0.25, 0.3) is 5.89 Å². The maximum absolute atomic E-state index is 6.00. The fraction of sp³-hybridized carbons (Fsp3) is 0.444. The van der Waals surface area contributed by atoms with E-state index in [1.807, 2.05) is 18.5 Å². The Balaban J connectivity index is 2.32. The summed E-state index contributed by atoms with van der Waals surface area (Å²) in [5, 5.41) is 3.63. The van der Waals surface area contributed by atoms with Crippen LogP contribution in [0, 0.1) is 0 Å². The van der Waals surface area contributed by atoms with Crippen molar-refractivity contribution in [1.29, 1.82) is 0 Å². The fourth-order valence-corrected chi connectivity index (χ4v) is 1.30. The lowest BCUT2D eigenvalue weighted by atomic mass is 10.3. The van der Waals surface area contributed by atoms with Crippen molar-refractivity contribution < 1.29 is 4.52 Å². The summed E-state index contributed by atoms with van der Waals surface area (Å²) >= 11 is 6.00. The molecule has 5 nitrogen and oxygen atoms in total. The first-order valence-corrected chi connectivity index (χ1v) is 5.10. The molecule has 0 radical (unpaired) electrons. The second kappa shape index (κ2) is 4.02. The summed E-state index contributed by atoms with van der Waals surface area (Å²) in [6, 6.07) is 0. The molecule has 2 aromatic rings. The molecule has 80 valence electrons. The van der Waals surface area contributed by atoms with Crippen molar-refractivity contribution in [2.75, 3.05) is 0 Å². The molecular formula is C9H11ClN4O. The monoisotopic (exact) mass is 226 g/mol. The molecule has 0 saturated heterocycles. The average molecular weight is 227 g/mol. The number of rotatable bonds is 3. The smallest absolute Gasteiger partial charge is 0.276 e. The summed E-state index contributed by atoms with van der Waals surface area (Å²) in [5.74, 6) is 0.972. The van der Waals surface area contributed by atoms with Gasteiger partial charge < -0.3 is 9.09 Å². The van der Waals surface area contributed by atoms with E-state index in [0.29, 0.717) is 11.7 Å². The topological polar surface area (TPSA) is 56.7 Å². The van der Waals surface area contributed by atoms with Crippen LogP contribution in [-0.2, 0) is 7.05 Å². The van der Waals surface area contributed by atoms with Gasteiger partial charge in [-0.3, -0.25) is 0 Å². The van der Waals surface area contributed by atoms with E-state index >= 15 is 0 Å². The minimum Gasteiger partial charge on any atom is -0.332 e. The number of alkyl halides is 1. The molecule has 0 bridgehead atoms. The van der Waals surface area contributed by atoms with Gasteiger partial charge in [-0.15, -0.1) is 11.6 Å². The van der Waals surface area contributed by atoms with Gasteiger partial charge in [-0.1, -0.05) is 12.1 Å². The zero-order valence-corrected chi connectivity index (χ0v) is 9.27. The van der Waals surface area contributed by atoms with E-state index in [-0.39, 0.29) is 5.38 Å². The molecule has 0 saturated carbocycles. The summed E-state index contributed by atoms with van der Waals surface area (Å²) in [4.78, 5) is 8.19. The lowest BCUT2D eigenvalue weighted by molar-refractivity contribution is 0.419. The number of hydrogen-bond acceptors (Lipinski definition) is 4. The number of imidazole rings is 1. The summed E-state index contributed by atoms with van der Waals surface area (Å²) in [6.45, 7) is 1.97. The molecule has 0 spiro atoms. The molecule has 15 heavy (non-hydrogen) atoms. The first-order chi connectivity index (χ1) is 7.22. The maximum atomic E-state index is 6.00. The third-order valence-corrected chi connectivity index (χ3v) is 2.62. The zero-order valence-electron chi connectivity index (χ0n) is 8.51. The van der Waals surface area contributed by atoms with Gasteiger partial charge in [-0.2, -0.15) is 4.98 Å². The molecule has 0 amide bonds. The molecule has 2 aromatic heterocycles. The van der Waals surface area contributed by atoms with Gasteiger partial charge >= 0.3 is 0 Å². The third-order valence-electron chi connectivity index (χ3n) is 2.12. The highest BCUT2D eigenvalue weighted by atomic mass is 35.5. The van der Waals surface area contributed by atoms with E-state index in [0.717, 1.165) is 12.1 Å². The second-order valence-electron chi connectivity index (χ2n) is 3.22. The Hall–Kier alpha value is -1.36. The molecule has 1 unspecified atom stereocenters. The number of aromatic nitrogens is 4. The molecule has 0 aliphatic carbocycles. The van der Waals surface area contributed by atoms with Crippen LogP contribution in [0.15, 0.2) is 17.0 Å². The van der Waals surface area contributed by atoms with Gasteiger partial charge in [0.2, 0.25) is 0 Å². The normalized spacial score (nSPS) is 13.0. The first kappa shape index (κ1) is 10.2. The van der Waals surface area contributed by atoms with Gasteiger partial charge in [0.1, 0.15) is 5.69 Å². The maximum Gasteiger partial charge on any atom is 0.276 e. The molecule has 0 fully saturated rings. The van der Waals surface area contributed by atoms with Crippen LogP contribution in [0.1, 0.15) is 24.5 Å². The molecule has 2 rings (SSSR count). The quantitative estimate of drug-likeness (QED) is 0.753. The van der Waals surface area contributed by atoms with Crippen LogP contribution in [0.5, 0.6) is 0 Å². The highest BCUT2D eigenvalue weighted by Gasteiger charge is 2.16. The Morgan fingerprint density at radius 3 is 3.00 bits per heavy atom. The molecule has 1 atom stereocenters. The van der Waals surface area contributed by atoms with Gasteiger partial charge in [0, 0.05) is 7.05 Å². The Labute approximate surface area is 92.1 Å². The second-order valence-corrected chi connectivity index (χ2v) is 3.75. The van der Waals surface area contributed by atoms with Crippen molar-refractivity contribution in [1.82, 2.24) is 19.7 Å². The van der Waals surface area contributed by atoms with E-state index < -0.39 is 0 Å². The molecular weight excluding hydrogens is 216 g/mol.